The maximum atomic E-state index is 11.1. The molecular weight excluding hydrogens is 322 g/mol. The molecule has 3 aromatic rings. The first-order chi connectivity index (χ1) is 10.6. The molecule has 7 nitrogen and oxygen atoms in total. The Kier molecular flexibility index (Phi) is 3.82. The van der Waals surface area contributed by atoms with E-state index in [4.69, 9.17) is 5.84 Å². The van der Waals surface area contributed by atoms with Gasteiger partial charge in [0, 0.05) is 6.07 Å². The summed E-state index contributed by atoms with van der Waals surface area (Å²) in [6.45, 7) is 1.87. The van der Waals surface area contributed by atoms with Crippen molar-refractivity contribution < 1.29 is 4.92 Å². The molecule has 0 spiro atoms. The van der Waals surface area contributed by atoms with E-state index >= 15 is 0 Å². The van der Waals surface area contributed by atoms with Gasteiger partial charge in [0.15, 0.2) is 5.82 Å². The summed E-state index contributed by atoms with van der Waals surface area (Å²) in [6.07, 6.45) is 0. The van der Waals surface area contributed by atoms with E-state index in [0.717, 1.165) is 22.2 Å². The fraction of sp³-hybridized carbons (Fsp3) is 0.0769. The van der Waals surface area contributed by atoms with Crippen molar-refractivity contribution in [2.45, 2.75) is 17.0 Å². The largest absolute Gasteiger partial charge is 0.335 e. The predicted molar refractivity (Wildman–Crippen MR) is 85.4 cm³/mol. The molecule has 0 saturated heterocycles. The molecule has 0 atom stereocenters. The molecule has 0 aliphatic rings. The lowest BCUT2D eigenvalue weighted by Crippen LogP contribution is -2.11. The average molecular weight is 333 g/mol. The zero-order chi connectivity index (χ0) is 15.7. The molecule has 3 rings (SSSR count). The molecule has 0 aliphatic heterocycles. The number of aromatic nitrogens is 3. The van der Waals surface area contributed by atoms with E-state index in [1.165, 1.54) is 22.1 Å². The zero-order valence-corrected chi connectivity index (χ0v) is 13.1. The number of benzene rings is 1. The normalized spacial score (nSPS) is 10.8. The molecule has 22 heavy (non-hydrogen) atoms. The topological polar surface area (TPSA) is 99.9 Å². The number of nitrogens with zero attached hydrogens (tertiary/aromatic N) is 4. The van der Waals surface area contributed by atoms with Gasteiger partial charge in [-0.05, 0) is 41.8 Å². The lowest BCUT2D eigenvalue weighted by Gasteiger charge is -2.04. The fourth-order valence-corrected chi connectivity index (χ4v) is 3.53. The minimum Gasteiger partial charge on any atom is -0.335 e. The van der Waals surface area contributed by atoms with Crippen LogP contribution < -0.4 is 5.84 Å². The van der Waals surface area contributed by atoms with E-state index < -0.39 is 4.92 Å². The number of nitrogens with two attached hydrogens (primary N) is 1. The van der Waals surface area contributed by atoms with Crippen LogP contribution >= 0.6 is 23.1 Å². The van der Waals surface area contributed by atoms with Crippen LogP contribution in [-0.4, -0.2) is 19.8 Å². The number of rotatable bonds is 4. The number of hydrogen-bond donors (Lipinski definition) is 1. The number of aryl methyl sites for hydroxylation is 1. The Morgan fingerprint density at radius 3 is 2.86 bits per heavy atom. The Bertz CT molecular complexity index is 829. The first-order valence-electron chi connectivity index (χ1n) is 6.23. The van der Waals surface area contributed by atoms with Crippen LogP contribution in [0, 0.1) is 17.0 Å². The minimum absolute atomic E-state index is 0.0243. The summed E-state index contributed by atoms with van der Waals surface area (Å²) in [5.41, 5.74) is 0.950. The molecular formula is C13H11N5O2S2. The van der Waals surface area contributed by atoms with Gasteiger partial charge in [-0.3, -0.25) is 10.1 Å². The van der Waals surface area contributed by atoms with Crippen molar-refractivity contribution in [3.05, 3.63) is 51.4 Å². The van der Waals surface area contributed by atoms with Crippen LogP contribution in [0.1, 0.15) is 5.56 Å². The molecule has 1 aromatic carbocycles. The molecule has 0 fully saturated rings. The lowest BCUT2D eigenvalue weighted by molar-refractivity contribution is -0.387. The summed E-state index contributed by atoms with van der Waals surface area (Å²) in [4.78, 5) is 12.1. The van der Waals surface area contributed by atoms with E-state index in [1.54, 1.807) is 12.1 Å². The van der Waals surface area contributed by atoms with Crippen LogP contribution in [0.3, 0.4) is 0 Å². The van der Waals surface area contributed by atoms with Crippen molar-refractivity contribution in [1.29, 1.82) is 0 Å². The summed E-state index contributed by atoms with van der Waals surface area (Å²) in [5.74, 6) is 6.55. The van der Waals surface area contributed by atoms with E-state index in [9.17, 15) is 10.1 Å². The van der Waals surface area contributed by atoms with Crippen LogP contribution in [0.15, 0.2) is 45.8 Å². The van der Waals surface area contributed by atoms with E-state index in [0.29, 0.717) is 15.9 Å². The molecule has 0 unspecified atom stereocenters. The van der Waals surface area contributed by atoms with Gasteiger partial charge < -0.3 is 5.84 Å². The third kappa shape index (κ3) is 2.68. The van der Waals surface area contributed by atoms with Crippen molar-refractivity contribution in [2.24, 2.45) is 0 Å². The van der Waals surface area contributed by atoms with Crippen LogP contribution in [-0.2, 0) is 0 Å². The highest BCUT2D eigenvalue weighted by atomic mass is 32.2. The van der Waals surface area contributed by atoms with Gasteiger partial charge in [0.25, 0.3) is 5.69 Å². The van der Waals surface area contributed by atoms with Gasteiger partial charge >= 0.3 is 0 Å². The number of nitro benzene ring substituents is 1. The highest BCUT2D eigenvalue weighted by Gasteiger charge is 2.19. The standard InChI is InChI=1S/C13H11N5O2S2/c1-8-4-5-9(18(19)20)11(7-8)22-13-16-15-12(17(13)14)10-3-2-6-21-10/h2-7H,14H2,1H3. The quantitative estimate of drug-likeness (QED) is 0.447. The molecule has 0 bridgehead atoms. The number of nitro groups is 1. The molecule has 9 heteroatoms. The van der Waals surface area contributed by atoms with Crippen LogP contribution in [0.4, 0.5) is 5.69 Å². The molecule has 2 heterocycles. The zero-order valence-electron chi connectivity index (χ0n) is 11.5. The maximum absolute atomic E-state index is 11.1. The highest BCUT2D eigenvalue weighted by Crippen LogP contribution is 2.35. The summed E-state index contributed by atoms with van der Waals surface area (Å²) < 4.78 is 1.35. The summed E-state index contributed by atoms with van der Waals surface area (Å²) in [5, 5.41) is 21.5. The van der Waals surface area contributed by atoms with Crippen molar-refractivity contribution in [3.63, 3.8) is 0 Å². The molecule has 0 amide bonds. The SMILES string of the molecule is Cc1ccc([N+](=O)[O-])c(Sc2nnc(-c3cccs3)n2N)c1. The van der Waals surface area contributed by atoms with Gasteiger partial charge in [-0.15, -0.1) is 21.5 Å². The first kappa shape index (κ1) is 14.5. The van der Waals surface area contributed by atoms with Crippen LogP contribution in [0.5, 0.6) is 0 Å². The third-order valence-corrected chi connectivity index (χ3v) is 4.79. The Morgan fingerprint density at radius 2 is 2.18 bits per heavy atom. The molecule has 2 N–H and O–H groups in total. The monoisotopic (exact) mass is 333 g/mol. The lowest BCUT2D eigenvalue weighted by atomic mass is 10.2. The van der Waals surface area contributed by atoms with E-state index in [2.05, 4.69) is 10.2 Å². The summed E-state index contributed by atoms with van der Waals surface area (Å²) in [7, 11) is 0. The van der Waals surface area contributed by atoms with Gasteiger partial charge in [0.2, 0.25) is 5.16 Å². The number of thiophene rings is 1. The van der Waals surface area contributed by atoms with Crippen molar-refractivity contribution >= 4 is 28.8 Å². The maximum Gasteiger partial charge on any atom is 0.283 e. The average Bonchev–Trinajstić information content (AvgIpc) is 3.10. The van der Waals surface area contributed by atoms with Gasteiger partial charge in [0.1, 0.15) is 0 Å². The molecule has 0 saturated carbocycles. The van der Waals surface area contributed by atoms with E-state index in [-0.39, 0.29) is 5.69 Å². The van der Waals surface area contributed by atoms with Gasteiger partial charge in [-0.2, -0.15) is 0 Å². The van der Waals surface area contributed by atoms with Crippen LogP contribution in [0.2, 0.25) is 0 Å². The Morgan fingerprint density at radius 1 is 1.36 bits per heavy atom. The second-order valence-corrected chi connectivity index (χ2v) is 6.44. The van der Waals surface area contributed by atoms with Crippen molar-refractivity contribution in [3.8, 4) is 10.7 Å². The molecule has 112 valence electrons. The summed E-state index contributed by atoms with van der Waals surface area (Å²) >= 11 is 2.63. The first-order valence-corrected chi connectivity index (χ1v) is 7.93. The highest BCUT2D eigenvalue weighted by molar-refractivity contribution is 7.99. The Balaban J connectivity index is 1.98. The molecule has 0 radical (unpaired) electrons. The third-order valence-electron chi connectivity index (χ3n) is 2.92. The second-order valence-electron chi connectivity index (χ2n) is 4.48. The van der Waals surface area contributed by atoms with Gasteiger partial charge in [-0.1, -0.05) is 12.1 Å². The van der Waals surface area contributed by atoms with E-state index in [1.807, 2.05) is 24.4 Å². The second kappa shape index (κ2) is 5.78. The van der Waals surface area contributed by atoms with Gasteiger partial charge in [0.05, 0.1) is 14.7 Å². The smallest absolute Gasteiger partial charge is 0.283 e. The Hall–Kier alpha value is -2.39. The van der Waals surface area contributed by atoms with Crippen LogP contribution in [0.25, 0.3) is 10.7 Å². The summed E-state index contributed by atoms with van der Waals surface area (Å²) in [6, 6.07) is 8.71. The van der Waals surface area contributed by atoms with Crippen molar-refractivity contribution in [1.82, 2.24) is 14.9 Å². The minimum atomic E-state index is -0.417. The Labute approximate surface area is 133 Å². The predicted octanol–water partition coefficient (Wildman–Crippen LogP) is 3.09. The number of nitrogen functional groups attached to an aromatic ring is 1. The number of hydrogen-bond acceptors (Lipinski definition) is 7. The van der Waals surface area contributed by atoms with Crippen molar-refractivity contribution in [2.75, 3.05) is 5.84 Å². The molecule has 0 aliphatic carbocycles. The fourth-order valence-electron chi connectivity index (χ4n) is 1.87. The van der Waals surface area contributed by atoms with Gasteiger partial charge in [-0.25, -0.2) is 4.68 Å². The molecule has 2 aromatic heterocycles.